The van der Waals surface area contributed by atoms with Crippen molar-refractivity contribution in [3.63, 3.8) is 0 Å². The van der Waals surface area contributed by atoms with E-state index in [0.717, 1.165) is 12.5 Å². The molecule has 0 aliphatic carbocycles. The monoisotopic (exact) mass is 272 g/mol. The van der Waals surface area contributed by atoms with Crippen LogP contribution in [0.1, 0.15) is 49.8 Å². The van der Waals surface area contributed by atoms with Gasteiger partial charge in [0.1, 0.15) is 0 Å². The third kappa shape index (κ3) is 3.24. The van der Waals surface area contributed by atoms with Crippen molar-refractivity contribution in [2.45, 2.75) is 45.1 Å². The van der Waals surface area contributed by atoms with Gasteiger partial charge in [-0.2, -0.15) is 0 Å². The van der Waals surface area contributed by atoms with Crippen molar-refractivity contribution in [1.82, 2.24) is 10.2 Å². The first-order valence-corrected chi connectivity index (χ1v) is 8.40. The fourth-order valence-electron chi connectivity index (χ4n) is 3.83. The van der Waals surface area contributed by atoms with E-state index in [-0.39, 0.29) is 0 Å². The maximum absolute atomic E-state index is 3.73. The molecule has 110 valence electrons. The summed E-state index contributed by atoms with van der Waals surface area (Å²) in [6.45, 7) is 7.25. The van der Waals surface area contributed by atoms with E-state index in [1.54, 1.807) is 5.56 Å². The molecular weight excluding hydrogens is 244 g/mol. The van der Waals surface area contributed by atoms with Crippen molar-refractivity contribution in [1.29, 1.82) is 0 Å². The summed E-state index contributed by atoms with van der Waals surface area (Å²) in [5.41, 5.74) is 3.09. The summed E-state index contributed by atoms with van der Waals surface area (Å²) < 4.78 is 0. The molecule has 3 rings (SSSR count). The Morgan fingerprint density at radius 3 is 3.00 bits per heavy atom. The van der Waals surface area contributed by atoms with Crippen LogP contribution in [0.2, 0.25) is 0 Å². The van der Waals surface area contributed by atoms with E-state index >= 15 is 0 Å². The maximum atomic E-state index is 3.73. The minimum atomic E-state index is 0.540. The Labute approximate surface area is 123 Å². The Bertz CT molecular complexity index is 429. The van der Waals surface area contributed by atoms with Crippen LogP contribution in [0, 0.1) is 5.92 Å². The highest BCUT2D eigenvalue weighted by molar-refractivity contribution is 5.32. The van der Waals surface area contributed by atoms with Gasteiger partial charge in [0.05, 0.1) is 0 Å². The van der Waals surface area contributed by atoms with E-state index in [4.69, 9.17) is 0 Å². The fraction of sp³-hybridized carbons (Fsp3) is 0.667. The van der Waals surface area contributed by atoms with E-state index in [1.165, 1.54) is 57.3 Å². The Balaban J connectivity index is 1.64. The lowest BCUT2D eigenvalue weighted by Crippen LogP contribution is -2.39. The second-order valence-electron chi connectivity index (χ2n) is 6.46. The third-order valence-electron chi connectivity index (χ3n) is 5.17. The Morgan fingerprint density at radius 2 is 2.10 bits per heavy atom. The van der Waals surface area contributed by atoms with Crippen molar-refractivity contribution in [3.8, 4) is 0 Å². The normalized spacial score (nSPS) is 27.9. The van der Waals surface area contributed by atoms with Crippen molar-refractivity contribution in [3.05, 3.63) is 35.4 Å². The summed E-state index contributed by atoms with van der Waals surface area (Å²) in [7, 11) is 0. The van der Waals surface area contributed by atoms with Gasteiger partial charge in [0.15, 0.2) is 0 Å². The van der Waals surface area contributed by atoms with Gasteiger partial charge in [0.2, 0.25) is 0 Å². The molecule has 20 heavy (non-hydrogen) atoms. The molecule has 1 aromatic carbocycles. The number of nitrogens with one attached hydrogen (secondary N) is 1. The molecule has 2 aliphatic heterocycles. The largest absolute Gasteiger partial charge is 0.309 e. The molecule has 2 atom stereocenters. The fourth-order valence-corrected chi connectivity index (χ4v) is 3.83. The molecule has 1 saturated heterocycles. The van der Waals surface area contributed by atoms with Crippen LogP contribution >= 0.6 is 0 Å². The highest BCUT2D eigenvalue weighted by Gasteiger charge is 2.23. The predicted octanol–water partition coefficient (Wildman–Crippen LogP) is 3.39. The van der Waals surface area contributed by atoms with Gasteiger partial charge in [-0.15, -0.1) is 0 Å². The number of likely N-dealkylation sites (tertiary alicyclic amines) is 1. The van der Waals surface area contributed by atoms with Gasteiger partial charge in [-0.1, -0.05) is 37.6 Å². The lowest BCUT2D eigenvalue weighted by molar-refractivity contribution is 0.244. The van der Waals surface area contributed by atoms with Crippen LogP contribution in [0.15, 0.2) is 24.3 Å². The average Bonchev–Trinajstić information content (AvgIpc) is 2.73. The van der Waals surface area contributed by atoms with Crippen LogP contribution in [0.4, 0.5) is 0 Å². The van der Waals surface area contributed by atoms with Crippen molar-refractivity contribution >= 4 is 0 Å². The van der Waals surface area contributed by atoms with Gasteiger partial charge in [-0.25, -0.2) is 0 Å². The molecule has 0 aromatic heterocycles. The number of rotatable bonds is 3. The van der Waals surface area contributed by atoms with E-state index in [9.17, 15) is 0 Å². The Kier molecular flexibility index (Phi) is 4.74. The number of hydrogen-bond donors (Lipinski definition) is 1. The molecule has 2 aliphatic rings. The smallest absolute Gasteiger partial charge is 0.0452 e. The first-order valence-electron chi connectivity index (χ1n) is 8.40. The second-order valence-corrected chi connectivity index (χ2v) is 6.46. The number of hydrogen-bond acceptors (Lipinski definition) is 2. The van der Waals surface area contributed by atoms with Crippen molar-refractivity contribution in [2.24, 2.45) is 5.92 Å². The van der Waals surface area contributed by atoms with Crippen molar-refractivity contribution < 1.29 is 0 Å². The third-order valence-corrected chi connectivity index (χ3v) is 5.17. The highest BCUT2D eigenvalue weighted by atomic mass is 15.1. The minimum absolute atomic E-state index is 0.540. The summed E-state index contributed by atoms with van der Waals surface area (Å²) in [6.07, 6.45) is 6.75. The molecule has 0 radical (unpaired) electrons. The first kappa shape index (κ1) is 14.1. The van der Waals surface area contributed by atoms with Crippen LogP contribution in [0.5, 0.6) is 0 Å². The van der Waals surface area contributed by atoms with E-state index in [0.29, 0.717) is 6.04 Å². The zero-order chi connectivity index (χ0) is 13.8. The zero-order valence-corrected chi connectivity index (χ0v) is 12.8. The first-order chi connectivity index (χ1) is 9.86. The average molecular weight is 272 g/mol. The van der Waals surface area contributed by atoms with Gasteiger partial charge in [-0.05, 0) is 62.4 Å². The summed E-state index contributed by atoms with van der Waals surface area (Å²) >= 11 is 0. The van der Waals surface area contributed by atoms with Crippen LogP contribution < -0.4 is 5.32 Å². The molecule has 2 unspecified atom stereocenters. The Morgan fingerprint density at radius 1 is 1.20 bits per heavy atom. The quantitative estimate of drug-likeness (QED) is 0.907. The summed E-state index contributed by atoms with van der Waals surface area (Å²) in [5, 5.41) is 3.73. The van der Waals surface area contributed by atoms with Crippen molar-refractivity contribution in [2.75, 3.05) is 26.2 Å². The van der Waals surface area contributed by atoms with E-state index < -0.39 is 0 Å². The summed E-state index contributed by atoms with van der Waals surface area (Å²) in [4.78, 5) is 2.69. The van der Waals surface area contributed by atoms with Crippen LogP contribution in [0.3, 0.4) is 0 Å². The molecule has 0 bridgehead atoms. The molecule has 0 saturated carbocycles. The molecule has 0 amide bonds. The van der Waals surface area contributed by atoms with E-state index in [1.807, 2.05) is 0 Å². The molecule has 1 fully saturated rings. The Hall–Kier alpha value is -0.860. The maximum Gasteiger partial charge on any atom is 0.0452 e. The zero-order valence-electron chi connectivity index (χ0n) is 12.8. The van der Waals surface area contributed by atoms with Gasteiger partial charge in [0, 0.05) is 12.6 Å². The molecule has 0 spiro atoms. The van der Waals surface area contributed by atoms with Crippen LogP contribution in [-0.4, -0.2) is 31.1 Å². The minimum Gasteiger partial charge on any atom is -0.309 e. The van der Waals surface area contributed by atoms with Gasteiger partial charge < -0.3 is 10.2 Å². The molecule has 2 heteroatoms. The second kappa shape index (κ2) is 6.73. The lowest BCUT2D eigenvalue weighted by atomic mass is 9.94. The number of nitrogens with zero attached hydrogens (tertiary/aromatic N) is 1. The van der Waals surface area contributed by atoms with Gasteiger partial charge in [-0.3, -0.25) is 0 Å². The topological polar surface area (TPSA) is 15.3 Å². The van der Waals surface area contributed by atoms with Gasteiger partial charge >= 0.3 is 0 Å². The van der Waals surface area contributed by atoms with Crippen LogP contribution in [0.25, 0.3) is 0 Å². The van der Waals surface area contributed by atoms with E-state index in [2.05, 4.69) is 41.4 Å². The molecule has 2 heterocycles. The molecule has 1 N–H and O–H groups in total. The molecular formula is C18H28N2. The molecule has 2 nitrogen and oxygen atoms in total. The predicted molar refractivity (Wildman–Crippen MR) is 85.0 cm³/mol. The molecule has 1 aromatic rings. The summed E-state index contributed by atoms with van der Waals surface area (Å²) in [6, 6.07) is 9.53. The lowest BCUT2D eigenvalue weighted by Gasteiger charge is -2.31. The summed E-state index contributed by atoms with van der Waals surface area (Å²) in [5.74, 6) is 0.964. The van der Waals surface area contributed by atoms with Gasteiger partial charge in [0.25, 0.3) is 0 Å². The highest BCUT2D eigenvalue weighted by Crippen LogP contribution is 2.26. The van der Waals surface area contributed by atoms with Crippen LogP contribution in [-0.2, 0) is 6.42 Å². The number of fused-ring (bicyclic) bond motifs is 1. The number of benzene rings is 1. The standard InChI is InChI=1S/C18H28N2/c1-2-15-6-5-12-20(13-10-15)14-18-17-8-4-3-7-16(17)9-11-19-18/h3-4,7-8,15,18-19H,2,5-6,9-14H2,1H3. The SMILES string of the molecule is CCC1CCCN(CC2NCCc3ccccc32)CC1.